The van der Waals surface area contributed by atoms with Crippen LogP contribution in [-0.4, -0.2) is 51.9 Å². The van der Waals surface area contributed by atoms with E-state index in [1.807, 2.05) is 42.5 Å². The number of aromatic nitrogens is 1. The molecule has 0 saturated heterocycles. The van der Waals surface area contributed by atoms with Crippen LogP contribution in [-0.2, 0) is 16.0 Å². The number of imide groups is 1. The molecule has 0 aliphatic carbocycles. The molecular weight excluding hydrogens is 526 g/mol. The second-order valence-electron chi connectivity index (χ2n) is 10.00. The molecule has 1 heterocycles. The predicted molar refractivity (Wildman–Crippen MR) is 158 cm³/mol. The van der Waals surface area contributed by atoms with Crippen molar-refractivity contribution >= 4 is 41.0 Å². The highest BCUT2D eigenvalue weighted by atomic mass is 32.2. The lowest BCUT2D eigenvalue weighted by Crippen LogP contribution is -2.54. The first-order valence-corrected chi connectivity index (χ1v) is 14.2. The molecule has 0 unspecified atom stereocenters. The number of hydrogen-bond donors (Lipinski definition) is 3. The molecule has 3 rings (SSSR count). The summed E-state index contributed by atoms with van der Waals surface area (Å²) in [7, 11) is 1.59. The number of urea groups is 1. The topological polar surface area (TPSA) is 129 Å². The fourth-order valence-corrected chi connectivity index (χ4v) is 5.05. The van der Waals surface area contributed by atoms with Gasteiger partial charge in [0, 0.05) is 36.0 Å². The Morgan fingerprint density at radius 3 is 2.30 bits per heavy atom. The molecule has 0 radical (unpaired) electrons. The van der Waals surface area contributed by atoms with E-state index in [1.54, 1.807) is 43.7 Å². The van der Waals surface area contributed by atoms with E-state index in [0.29, 0.717) is 29.5 Å². The van der Waals surface area contributed by atoms with Crippen LogP contribution in [0.15, 0.2) is 84.0 Å². The number of hydroxylamine groups is 2. The molecule has 4 N–H and O–H groups in total. The van der Waals surface area contributed by atoms with Crippen LogP contribution in [0, 0.1) is 11.8 Å². The second kappa shape index (κ2) is 15.0. The lowest BCUT2D eigenvalue weighted by Gasteiger charge is -2.27. The van der Waals surface area contributed by atoms with Gasteiger partial charge in [-0.3, -0.25) is 19.8 Å². The highest BCUT2D eigenvalue weighted by molar-refractivity contribution is 7.99. The van der Waals surface area contributed by atoms with Crippen LogP contribution in [0.2, 0.25) is 0 Å². The van der Waals surface area contributed by atoms with Gasteiger partial charge >= 0.3 is 6.03 Å². The maximum absolute atomic E-state index is 13.5. The maximum atomic E-state index is 13.5. The largest absolute Gasteiger partial charge is 0.399 e. The molecule has 0 aliphatic rings. The van der Waals surface area contributed by atoms with E-state index in [0.717, 1.165) is 16.9 Å². The third-order valence-electron chi connectivity index (χ3n) is 6.42. The third kappa shape index (κ3) is 9.10. The van der Waals surface area contributed by atoms with E-state index in [9.17, 15) is 19.6 Å². The van der Waals surface area contributed by atoms with Crippen molar-refractivity contribution in [2.75, 3.05) is 23.4 Å². The Morgan fingerprint density at radius 1 is 0.975 bits per heavy atom. The van der Waals surface area contributed by atoms with Crippen molar-refractivity contribution < 1.29 is 19.6 Å². The van der Waals surface area contributed by atoms with Gasteiger partial charge in [0.05, 0.1) is 17.8 Å². The summed E-state index contributed by atoms with van der Waals surface area (Å²) in [5.41, 5.74) is 7.77. The first-order chi connectivity index (χ1) is 19.2. The zero-order chi connectivity index (χ0) is 29.1. The minimum atomic E-state index is -1.05. The van der Waals surface area contributed by atoms with Gasteiger partial charge in [0.15, 0.2) is 0 Å². The van der Waals surface area contributed by atoms with Crippen molar-refractivity contribution in [3.05, 3.63) is 84.7 Å². The number of nitrogen functional groups attached to an aromatic ring is 1. The van der Waals surface area contributed by atoms with Crippen LogP contribution >= 0.6 is 11.8 Å². The molecule has 2 aromatic carbocycles. The molecule has 10 heteroatoms. The fourth-order valence-electron chi connectivity index (χ4n) is 4.02. The van der Waals surface area contributed by atoms with Crippen LogP contribution in [0.3, 0.4) is 0 Å². The molecule has 0 bridgehead atoms. The van der Waals surface area contributed by atoms with Crippen LogP contribution in [0.4, 0.5) is 16.2 Å². The lowest BCUT2D eigenvalue weighted by atomic mass is 9.98. The molecule has 0 fully saturated rings. The number of nitrogens with zero attached hydrogens (tertiary/aromatic N) is 3. The SMILES string of the molecule is CC(C)CC[C@H](CSc1ccc(N)cc1)C(=O)N(O)C(=O)N[C@@H](Cc1ccccc1)C(=O)N(C)c1cccnc1. The average molecular weight is 564 g/mol. The number of benzene rings is 2. The molecule has 212 valence electrons. The normalized spacial score (nSPS) is 12.4. The number of pyridine rings is 1. The Balaban J connectivity index is 1.75. The van der Waals surface area contributed by atoms with Gasteiger partial charge in [-0.2, -0.15) is 0 Å². The minimum absolute atomic E-state index is 0.115. The number of likely N-dealkylation sites (N-methyl/N-ethyl adjacent to an activating group) is 1. The zero-order valence-corrected chi connectivity index (χ0v) is 23.9. The Hall–Kier alpha value is -3.89. The van der Waals surface area contributed by atoms with Crippen LogP contribution in [0.25, 0.3) is 0 Å². The molecule has 0 saturated carbocycles. The molecule has 2 atom stereocenters. The number of carbonyl (C=O) groups excluding carboxylic acids is 3. The maximum Gasteiger partial charge on any atom is 0.349 e. The monoisotopic (exact) mass is 563 g/mol. The van der Waals surface area contributed by atoms with Gasteiger partial charge in [-0.25, -0.2) is 4.79 Å². The highest BCUT2D eigenvalue weighted by Gasteiger charge is 2.32. The zero-order valence-electron chi connectivity index (χ0n) is 23.1. The lowest BCUT2D eigenvalue weighted by molar-refractivity contribution is -0.157. The predicted octanol–water partition coefficient (Wildman–Crippen LogP) is 5.01. The minimum Gasteiger partial charge on any atom is -0.399 e. The second-order valence-corrected chi connectivity index (χ2v) is 11.1. The number of thioether (sulfide) groups is 1. The summed E-state index contributed by atoms with van der Waals surface area (Å²) in [6.07, 6.45) is 4.56. The Morgan fingerprint density at radius 2 is 1.68 bits per heavy atom. The van der Waals surface area contributed by atoms with Gasteiger partial charge in [-0.15, -0.1) is 16.8 Å². The summed E-state index contributed by atoms with van der Waals surface area (Å²) in [6.45, 7) is 4.10. The Kier molecular flexibility index (Phi) is 11.5. The van der Waals surface area contributed by atoms with E-state index in [-0.39, 0.29) is 11.5 Å². The summed E-state index contributed by atoms with van der Waals surface area (Å²) >= 11 is 1.46. The molecule has 40 heavy (non-hydrogen) atoms. The number of nitrogens with two attached hydrogens (primary N) is 1. The molecule has 9 nitrogen and oxygen atoms in total. The van der Waals surface area contributed by atoms with Gasteiger partial charge in [-0.05, 0) is 54.3 Å². The fraction of sp³-hybridized carbons (Fsp3) is 0.333. The highest BCUT2D eigenvalue weighted by Crippen LogP contribution is 2.26. The summed E-state index contributed by atoms with van der Waals surface area (Å²) in [5.74, 6) is -1.03. The summed E-state index contributed by atoms with van der Waals surface area (Å²) in [4.78, 5) is 46.3. The van der Waals surface area contributed by atoms with Gasteiger partial charge in [0.1, 0.15) is 6.04 Å². The van der Waals surface area contributed by atoms with E-state index in [1.165, 1.54) is 16.7 Å². The Labute approximate surface area is 239 Å². The van der Waals surface area contributed by atoms with E-state index < -0.39 is 29.8 Å². The van der Waals surface area contributed by atoms with Gasteiger partial charge in [0.2, 0.25) is 5.91 Å². The molecule has 0 aliphatic heterocycles. The standard InChI is InChI=1S/C30H37N5O4S/c1-21(2)11-12-23(20-40-26-15-13-24(31)14-16-26)28(36)35(39)30(38)33-27(18-22-8-5-4-6-9-22)29(37)34(3)25-10-7-17-32-19-25/h4-10,13-17,19,21,23,27,39H,11-12,18,20,31H2,1-3H3,(H,33,38)/t23-,27+/m1/s1. The quantitative estimate of drug-likeness (QED) is 0.122. The van der Waals surface area contributed by atoms with Gasteiger partial charge < -0.3 is 16.0 Å². The van der Waals surface area contributed by atoms with Crippen LogP contribution < -0.4 is 16.0 Å². The average Bonchev–Trinajstić information content (AvgIpc) is 2.97. The van der Waals surface area contributed by atoms with Crippen molar-refractivity contribution in [1.29, 1.82) is 0 Å². The van der Waals surface area contributed by atoms with E-state index >= 15 is 0 Å². The molecular formula is C30H37N5O4S. The molecule has 0 spiro atoms. The summed E-state index contributed by atoms with van der Waals surface area (Å²) in [5, 5.41) is 13.4. The van der Waals surface area contributed by atoms with Gasteiger partial charge in [0.25, 0.3) is 5.91 Å². The first-order valence-electron chi connectivity index (χ1n) is 13.2. The molecule has 3 aromatic rings. The number of amides is 4. The Bertz CT molecular complexity index is 1240. The number of anilines is 2. The van der Waals surface area contributed by atoms with Crippen molar-refractivity contribution in [3.63, 3.8) is 0 Å². The van der Waals surface area contributed by atoms with Crippen molar-refractivity contribution in [2.24, 2.45) is 11.8 Å². The van der Waals surface area contributed by atoms with E-state index in [2.05, 4.69) is 24.1 Å². The van der Waals surface area contributed by atoms with Crippen molar-refractivity contribution in [3.8, 4) is 0 Å². The smallest absolute Gasteiger partial charge is 0.349 e. The van der Waals surface area contributed by atoms with Gasteiger partial charge in [-0.1, -0.05) is 50.6 Å². The third-order valence-corrected chi connectivity index (χ3v) is 7.59. The number of carbonyl (C=O) groups is 3. The summed E-state index contributed by atoms with van der Waals surface area (Å²) in [6, 6.07) is 17.9. The number of hydrogen-bond acceptors (Lipinski definition) is 7. The van der Waals surface area contributed by atoms with E-state index in [4.69, 9.17) is 5.73 Å². The number of rotatable bonds is 12. The van der Waals surface area contributed by atoms with Crippen LogP contribution in [0.1, 0.15) is 32.3 Å². The molecule has 4 amide bonds. The van der Waals surface area contributed by atoms with Crippen molar-refractivity contribution in [1.82, 2.24) is 15.4 Å². The van der Waals surface area contributed by atoms with Crippen LogP contribution in [0.5, 0.6) is 0 Å². The van der Waals surface area contributed by atoms with Crippen molar-refractivity contribution in [2.45, 2.75) is 44.0 Å². The summed E-state index contributed by atoms with van der Waals surface area (Å²) < 4.78 is 0. The first kappa shape index (κ1) is 30.6. The number of nitrogens with one attached hydrogen (secondary N) is 1. The molecule has 1 aromatic heterocycles.